The molecule has 321 valence electrons. The number of anilines is 1. The van der Waals surface area contributed by atoms with Gasteiger partial charge in [-0.15, -0.1) is 0 Å². The molecule has 2 aliphatic carbocycles. The molecule has 1 heterocycles. The molecule has 2 aromatic rings. The quantitative estimate of drug-likeness (QED) is 0.0790. The van der Waals surface area contributed by atoms with Crippen molar-refractivity contribution in [1.29, 1.82) is 0 Å². The van der Waals surface area contributed by atoms with Crippen LogP contribution in [0.4, 0.5) is 5.69 Å². The maximum Gasteiger partial charge on any atom is 0.245 e. The first-order valence-electron chi connectivity index (χ1n) is 21.9. The van der Waals surface area contributed by atoms with Crippen molar-refractivity contribution in [3.8, 4) is 0 Å². The highest BCUT2D eigenvalue weighted by Crippen LogP contribution is 2.49. The molecule has 1 saturated heterocycles. The topological polar surface area (TPSA) is 220 Å². The first-order valence-corrected chi connectivity index (χ1v) is 21.9. The molecule has 2 aromatic carbocycles. The molecule has 5 rings (SSSR count). The van der Waals surface area contributed by atoms with E-state index in [-0.39, 0.29) is 44.1 Å². The van der Waals surface area contributed by atoms with Crippen LogP contribution in [0.3, 0.4) is 0 Å². The van der Waals surface area contributed by atoms with Gasteiger partial charge in [0.1, 0.15) is 6.04 Å². The molecule has 1 radical (unpaired) electrons. The van der Waals surface area contributed by atoms with E-state index in [1.807, 2.05) is 42.7 Å². The van der Waals surface area contributed by atoms with Gasteiger partial charge in [-0.05, 0) is 95.0 Å². The molecule has 1 aliphatic heterocycles. The number of benzene rings is 2. The Balaban J connectivity index is 1.51. The molecule has 13 heteroatoms. The second kappa shape index (κ2) is 21.8. The fourth-order valence-corrected chi connectivity index (χ4v) is 9.90. The van der Waals surface area contributed by atoms with Gasteiger partial charge in [-0.25, -0.2) is 0 Å². The van der Waals surface area contributed by atoms with Crippen LogP contribution in [0.15, 0.2) is 60.7 Å². The molecular weight excluding hydrogens is 747 g/mol. The summed E-state index contributed by atoms with van der Waals surface area (Å²) in [6.07, 6.45) is 11.9. The predicted molar refractivity (Wildman–Crippen MR) is 228 cm³/mol. The largest absolute Gasteiger partial charge is 0.343 e. The molecule has 2 saturated carbocycles. The zero-order chi connectivity index (χ0) is 42.4. The minimum Gasteiger partial charge on any atom is -0.343 e. The van der Waals surface area contributed by atoms with Crippen LogP contribution in [0.1, 0.15) is 108 Å². The summed E-state index contributed by atoms with van der Waals surface area (Å²) in [7, 11) is 1.69. The maximum atomic E-state index is 15.6. The van der Waals surface area contributed by atoms with E-state index in [1.165, 1.54) is 4.90 Å². The van der Waals surface area contributed by atoms with E-state index in [9.17, 15) is 24.0 Å². The van der Waals surface area contributed by atoms with Crippen molar-refractivity contribution in [2.45, 2.75) is 139 Å². The van der Waals surface area contributed by atoms with Gasteiger partial charge in [-0.3, -0.25) is 28.8 Å². The molecule has 13 nitrogen and oxygen atoms in total. The number of unbranched alkanes of at least 4 members (excludes halogenated alkanes) is 1. The number of para-hydroxylation sites is 1. The van der Waals surface area contributed by atoms with Crippen LogP contribution >= 0.6 is 0 Å². The van der Waals surface area contributed by atoms with Gasteiger partial charge in [0.25, 0.3) is 0 Å². The van der Waals surface area contributed by atoms with Crippen LogP contribution in [-0.2, 0) is 35.2 Å². The second-order valence-electron chi connectivity index (χ2n) is 17.1. The number of nitrogens with zero attached hydrogens (tertiary/aromatic N) is 1. The SMILES string of the molecule is CN[C@@H](Cc1ccccc1)C(=O)N[C@@H](CCCCN)C(=O)N1CCC[C@H]1C(=O)C(C1(C(=O)Nc2ccccc2)CCCCC1)[C@](N)([C]=O)C(=O)[C@H](N)CC1CCCCC1. The van der Waals surface area contributed by atoms with Crippen molar-refractivity contribution in [2.24, 2.45) is 34.5 Å². The van der Waals surface area contributed by atoms with Crippen molar-refractivity contribution in [2.75, 3.05) is 25.5 Å². The number of Topliss-reactive ketones (excluding diaryl/α,β-unsaturated/α-hetero) is 2. The summed E-state index contributed by atoms with van der Waals surface area (Å²) in [6.45, 7) is 0.602. The summed E-state index contributed by atoms with van der Waals surface area (Å²) in [5, 5.41) is 9.03. The Morgan fingerprint density at radius 1 is 0.864 bits per heavy atom. The molecule has 0 aromatic heterocycles. The van der Waals surface area contributed by atoms with Crippen molar-refractivity contribution in [3.05, 3.63) is 66.2 Å². The number of likely N-dealkylation sites (N-methyl/N-ethyl adjacent to an activating group) is 1. The lowest BCUT2D eigenvalue weighted by atomic mass is 9.55. The molecule has 9 N–H and O–H groups in total. The van der Waals surface area contributed by atoms with Crippen LogP contribution in [-0.4, -0.2) is 90.3 Å². The third-order valence-electron chi connectivity index (χ3n) is 13.1. The van der Waals surface area contributed by atoms with E-state index in [1.54, 1.807) is 31.3 Å². The smallest absolute Gasteiger partial charge is 0.245 e. The van der Waals surface area contributed by atoms with Gasteiger partial charge in [-0.2, -0.15) is 0 Å². The van der Waals surface area contributed by atoms with Gasteiger partial charge < -0.3 is 38.1 Å². The monoisotopic (exact) mass is 813 g/mol. The third kappa shape index (κ3) is 11.1. The van der Waals surface area contributed by atoms with Crippen LogP contribution < -0.4 is 33.2 Å². The number of carbonyl (C=O) groups excluding carboxylic acids is 6. The molecule has 0 spiro atoms. The van der Waals surface area contributed by atoms with Crippen LogP contribution in [0.5, 0.6) is 0 Å². The number of nitrogens with two attached hydrogens (primary N) is 3. The minimum atomic E-state index is -2.57. The molecule has 3 amide bonds. The average Bonchev–Trinajstić information content (AvgIpc) is 3.76. The Morgan fingerprint density at radius 3 is 2.14 bits per heavy atom. The standard InChI is InChI=1S/C46H66N7O6/c1-50-37(30-33-19-8-3-9-20-33)42(57)52-36(23-12-15-27-47)43(58)53-28-16-24-38(53)39(55)40(46(49,31-54)41(56)35(48)29-32-17-6-2-7-18-32)45(25-13-5-14-26-45)44(59)51-34-21-10-4-11-22-34/h3-4,8-11,19-22,32,35-38,40,50H,2,5-7,12-18,23-30,47-49H2,1H3,(H,51,59)(H,52,57)/t35-,36+,37+,38+,40?,46-/m1/s1. The zero-order valence-corrected chi connectivity index (χ0v) is 34.8. The van der Waals surface area contributed by atoms with Crippen molar-refractivity contribution < 1.29 is 28.8 Å². The van der Waals surface area contributed by atoms with Gasteiger partial charge in [0.2, 0.25) is 24.0 Å². The molecule has 59 heavy (non-hydrogen) atoms. The Morgan fingerprint density at radius 2 is 1.51 bits per heavy atom. The summed E-state index contributed by atoms with van der Waals surface area (Å²) >= 11 is 0. The normalized spacial score (nSPS) is 21.3. The molecule has 0 bridgehead atoms. The van der Waals surface area contributed by atoms with E-state index < -0.39 is 64.4 Å². The Bertz CT molecular complexity index is 1710. The summed E-state index contributed by atoms with van der Waals surface area (Å²) in [4.78, 5) is 88.5. The second-order valence-corrected chi connectivity index (χ2v) is 17.1. The minimum absolute atomic E-state index is 0.169. The summed E-state index contributed by atoms with van der Waals surface area (Å²) in [5.41, 5.74) is 16.8. The van der Waals surface area contributed by atoms with Gasteiger partial charge in [0.05, 0.1) is 29.5 Å². The fraction of sp³-hybridized carbons (Fsp3) is 0.609. The lowest BCUT2D eigenvalue weighted by Gasteiger charge is -2.48. The predicted octanol–water partition coefficient (Wildman–Crippen LogP) is 3.87. The van der Waals surface area contributed by atoms with Gasteiger partial charge >= 0.3 is 0 Å². The molecule has 3 aliphatic rings. The molecule has 3 fully saturated rings. The van der Waals surface area contributed by atoms with E-state index in [4.69, 9.17) is 17.2 Å². The van der Waals surface area contributed by atoms with E-state index in [0.29, 0.717) is 57.2 Å². The number of likely N-dealkylation sites (tertiary alicyclic amines) is 1. The number of rotatable bonds is 21. The molecule has 1 unspecified atom stereocenters. The first kappa shape index (κ1) is 45.8. The summed E-state index contributed by atoms with van der Waals surface area (Å²) in [5.74, 6) is -4.27. The molecule has 6 atom stereocenters. The zero-order valence-electron chi connectivity index (χ0n) is 34.8. The lowest BCUT2D eigenvalue weighted by molar-refractivity contribution is -0.151. The number of carbonyl (C=O) groups is 5. The van der Waals surface area contributed by atoms with Crippen molar-refractivity contribution in [1.82, 2.24) is 15.5 Å². The number of hydrogen-bond donors (Lipinski definition) is 6. The number of hydrogen-bond acceptors (Lipinski definition) is 10. The maximum absolute atomic E-state index is 15.6. The van der Waals surface area contributed by atoms with E-state index in [0.717, 1.165) is 44.1 Å². The average molecular weight is 813 g/mol. The highest BCUT2D eigenvalue weighted by molar-refractivity contribution is 6.13. The summed E-state index contributed by atoms with van der Waals surface area (Å²) < 4.78 is 0. The van der Waals surface area contributed by atoms with Gasteiger partial charge in [0, 0.05) is 12.2 Å². The van der Waals surface area contributed by atoms with E-state index >= 15 is 4.79 Å². The van der Waals surface area contributed by atoms with Crippen LogP contribution in [0.25, 0.3) is 0 Å². The number of amides is 3. The number of ketones is 2. The third-order valence-corrected chi connectivity index (χ3v) is 13.1. The fourth-order valence-electron chi connectivity index (χ4n) is 9.90. The highest BCUT2D eigenvalue weighted by atomic mass is 16.2. The molecular formula is C46H66N7O6. The van der Waals surface area contributed by atoms with Crippen LogP contribution in [0, 0.1) is 17.3 Å². The lowest BCUT2D eigenvalue weighted by Crippen LogP contribution is -2.70. The van der Waals surface area contributed by atoms with Gasteiger partial charge in [0.15, 0.2) is 17.1 Å². The Labute approximate surface area is 349 Å². The van der Waals surface area contributed by atoms with Crippen LogP contribution in [0.2, 0.25) is 0 Å². The highest BCUT2D eigenvalue weighted by Gasteiger charge is 2.63. The Hall–Kier alpha value is -4.30. The Kier molecular flexibility index (Phi) is 16.9. The van der Waals surface area contributed by atoms with Crippen molar-refractivity contribution >= 4 is 41.3 Å². The van der Waals surface area contributed by atoms with Crippen molar-refractivity contribution in [3.63, 3.8) is 0 Å². The van der Waals surface area contributed by atoms with E-state index in [2.05, 4.69) is 16.0 Å². The number of nitrogens with one attached hydrogen (secondary N) is 3. The first-order chi connectivity index (χ1) is 28.5. The van der Waals surface area contributed by atoms with Gasteiger partial charge in [-0.1, -0.05) is 99.9 Å². The summed E-state index contributed by atoms with van der Waals surface area (Å²) in [6, 6.07) is 14.5.